The molecule has 0 spiro atoms. The third kappa shape index (κ3) is 9.95. The van der Waals surface area contributed by atoms with Gasteiger partial charge in [0.1, 0.15) is 11.1 Å². The normalized spacial score (nSPS) is 16.6. The van der Waals surface area contributed by atoms with Crippen molar-refractivity contribution < 1.29 is 9.47 Å². The molecule has 0 heterocycles. The zero-order valence-electron chi connectivity index (χ0n) is 12.8. The lowest BCUT2D eigenvalue weighted by Gasteiger charge is -2.28. The number of rotatable bonds is 12. The molecule has 0 fully saturated rings. The summed E-state index contributed by atoms with van der Waals surface area (Å²) in [5, 5.41) is 0. The molecule has 0 aromatic heterocycles. The topological polar surface area (TPSA) is 18.5 Å². The Labute approximate surface area is 129 Å². The summed E-state index contributed by atoms with van der Waals surface area (Å²) in [5.74, 6) is 0.564. The monoisotopic (exact) mass is 312 g/mol. The van der Waals surface area contributed by atoms with Crippen molar-refractivity contribution in [2.45, 2.75) is 70.9 Å². The maximum absolute atomic E-state index is 6.35. The van der Waals surface area contributed by atoms with E-state index < -0.39 is 0 Å². The maximum Gasteiger partial charge on any atom is 0.137 e. The molecule has 0 saturated heterocycles. The first kappa shape index (κ1) is 19.5. The number of alkyl halides is 2. The van der Waals surface area contributed by atoms with Crippen LogP contribution in [0.1, 0.15) is 59.8 Å². The summed E-state index contributed by atoms with van der Waals surface area (Å²) in [6.07, 6.45) is 5.19. The van der Waals surface area contributed by atoms with E-state index in [0.717, 1.165) is 32.1 Å². The molecule has 0 aromatic rings. The molecule has 0 rings (SSSR count). The van der Waals surface area contributed by atoms with E-state index in [-0.39, 0.29) is 17.0 Å². The van der Waals surface area contributed by atoms with Gasteiger partial charge in [-0.15, -0.1) is 0 Å². The van der Waals surface area contributed by atoms with Gasteiger partial charge in [0.25, 0.3) is 0 Å². The molecule has 2 nitrogen and oxygen atoms in total. The lowest BCUT2D eigenvalue weighted by molar-refractivity contribution is -0.00873. The van der Waals surface area contributed by atoms with Crippen LogP contribution in [0.2, 0.25) is 0 Å². The van der Waals surface area contributed by atoms with Crippen molar-refractivity contribution in [2.75, 3.05) is 13.2 Å². The lowest BCUT2D eigenvalue weighted by Crippen LogP contribution is -2.31. The molecule has 19 heavy (non-hydrogen) atoms. The molecular formula is C15H30Cl2O2. The second kappa shape index (κ2) is 12.3. The molecule has 0 aromatic carbocycles. The number of halogens is 2. The average molecular weight is 313 g/mol. The number of hydrogen-bond donors (Lipinski definition) is 0. The Balaban J connectivity index is 4.25. The largest absolute Gasteiger partial charge is 0.362 e. The third-order valence-electron chi connectivity index (χ3n) is 2.97. The van der Waals surface area contributed by atoms with Crippen molar-refractivity contribution in [1.29, 1.82) is 0 Å². The summed E-state index contributed by atoms with van der Waals surface area (Å²) in [4.78, 5) is 0. The summed E-state index contributed by atoms with van der Waals surface area (Å²) < 4.78 is 11.3. The summed E-state index contributed by atoms with van der Waals surface area (Å²) in [6.45, 7) is 9.99. The van der Waals surface area contributed by atoms with Crippen LogP contribution < -0.4 is 0 Å². The first-order valence-corrected chi connectivity index (χ1v) is 8.41. The minimum atomic E-state index is -0.363. The van der Waals surface area contributed by atoms with E-state index in [1.807, 2.05) is 0 Å². The van der Waals surface area contributed by atoms with Gasteiger partial charge in [0.15, 0.2) is 0 Å². The number of hydrogen-bond acceptors (Lipinski definition) is 2. The van der Waals surface area contributed by atoms with Crippen molar-refractivity contribution >= 4 is 23.2 Å². The minimum Gasteiger partial charge on any atom is -0.362 e. The van der Waals surface area contributed by atoms with Gasteiger partial charge in [-0.25, -0.2) is 0 Å². The van der Waals surface area contributed by atoms with E-state index in [1.54, 1.807) is 0 Å². The fourth-order valence-electron chi connectivity index (χ4n) is 1.80. The van der Waals surface area contributed by atoms with Gasteiger partial charge in [-0.3, -0.25) is 0 Å². The Morgan fingerprint density at radius 2 is 1.26 bits per heavy atom. The van der Waals surface area contributed by atoms with Gasteiger partial charge in [0, 0.05) is 19.1 Å². The predicted octanol–water partition coefficient (Wildman–Crippen LogP) is 5.41. The highest BCUT2D eigenvalue weighted by Gasteiger charge is 2.29. The van der Waals surface area contributed by atoms with Crippen LogP contribution >= 0.6 is 23.2 Å². The molecular weight excluding hydrogens is 283 g/mol. The Bertz CT molecular complexity index is 185. The van der Waals surface area contributed by atoms with Crippen LogP contribution in [0.5, 0.6) is 0 Å². The molecule has 0 saturated carbocycles. The van der Waals surface area contributed by atoms with Gasteiger partial charge in [-0.05, 0) is 25.2 Å². The van der Waals surface area contributed by atoms with Crippen molar-refractivity contribution in [1.82, 2.24) is 0 Å². The van der Waals surface area contributed by atoms with Gasteiger partial charge in [0.2, 0.25) is 0 Å². The average Bonchev–Trinajstić information content (AvgIpc) is 2.36. The SMILES string of the molecule is CCCCOC(Cl)C(CC(C)C)C(Cl)OCCCC. The Morgan fingerprint density at radius 3 is 1.58 bits per heavy atom. The van der Waals surface area contributed by atoms with E-state index >= 15 is 0 Å². The highest BCUT2D eigenvalue weighted by atomic mass is 35.5. The van der Waals surface area contributed by atoms with E-state index in [0.29, 0.717) is 19.1 Å². The molecule has 0 bridgehead atoms. The molecule has 2 unspecified atom stereocenters. The smallest absolute Gasteiger partial charge is 0.137 e. The van der Waals surface area contributed by atoms with E-state index in [1.165, 1.54) is 0 Å². The molecule has 0 aliphatic heterocycles. The number of ether oxygens (including phenoxy) is 2. The second-order valence-corrected chi connectivity index (χ2v) is 6.30. The maximum atomic E-state index is 6.35. The summed E-state index contributed by atoms with van der Waals surface area (Å²) >= 11 is 12.7. The Hall–Kier alpha value is 0.500. The number of unbranched alkanes of at least 4 members (excludes halogenated alkanes) is 2. The van der Waals surface area contributed by atoms with Crippen molar-refractivity contribution in [3.8, 4) is 0 Å². The minimum absolute atomic E-state index is 0.0389. The van der Waals surface area contributed by atoms with Crippen LogP contribution in [0, 0.1) is 11.8 Å². The van der Waals surface area contributed by atoms with Crippen molar-refractivity contribution in [3.05, 3.63) is 0 Å². The third-order valence-corrected chi connectivity index (χ3v) is 3.87. The fourth-order valence-corrected chi connectivity index (χ4v) is 2.53. The molecule has 116 valence electrons. The second-order valence-electron chi connectivity index (χ2n) is 5.44. The van der Waals surface area contributed by atoms with Crippen LogP contribution in [0.4, 0.5) is 0 Å². The molecule has 0 aliphatic carbocycles. The lowest BCUT2D eigenvalue weighted by atomic mass is 9.98. The zero-order chi connectivity index (χ0) is 14.7. The molecule has 0 radical (unpaired) electrons. The molecule has 4 heteroatoms. The van der Waals surface area contributed by atoms with Crippen LogP contribution in [0.3, 0.4) is 0 Å². The Kier molecular flexibility index (Phi) is 12.6. The van der Waals surface area contributed by atoms with Crippen molar-refractivity contribution in [3.63, 3.8) is 0 Å². The first-order valence-electron chi connectivity index (χ1n) is 7.54. The Morgan fingerprint density at radius 1 is 0.842 bits per heavy atom. The standard InChI is InChI=1S/C15H30Cl2O2/c1-5-7-9-18-14(16)13(11-12(3)4)15(17)19-10-8-6-2/h12-15H,5-11H2,1-4H3. The van der Waals surface area contributed by atoms with Crippen LogP contribution in [0.15, 0.2) is 0 Å². The van der Waals surface area contributed by atoms with E-state index in [2.05, 4.69) is 27.7 Å². The summed E-state index contributed by atoms with van der Waals surface area (Å²) in [5.41, 5.74) is -0.726. The van der Waals surface area contributed by atoms with Crippen molar-refractivity contribution in [2.24, 2.45) is 11.8 Å². The van der Waals surface area contributed by atoms with Gasteiger partial charge in [0.05, 0.1) is 0 Å². The quantitative estimate of drug-likeness (QED) is 0.354. The highest BCUT2D eigenvalue weighted by Crippen LogP contribution is 2.28. The molecule has 0 N–H and O–H groups in total. The highest BCUT2D eigenvalue weighted by molar-refractivity contribution is 6.22. The fraction of sp³-hybridized carbons (Fsp3) is 1.00. The van der Waals surface area contributed by atoms with E-state index in [9.17, 15) is 0 Å². The summed E-state index contributed by atoms with van der Waals surface area (Å²) in [6, 6.07) is 0. The van der Waals surface area contributed by atoms with E-state index in [4.69, 9.17) is 32.7 Å². The molecule has 0 amide bonds. The van der Waals surface area contributed by atoms with Gasteiger partial charge in [-0.1, -0.05) is 63.7 Å². The summed E-state index contributed by atoms with van der Waals surface area (Å²) in [7, 11) is 0. The van der Waals surface area contributed by atoms with Crippen LogP contribution in [-0.4, -0.2) is 24.3 Å². The first-order chi connectivity index (χ1) is 9.02. The van der Waals surface area contributed by atoms with Gasteiger partial charge < -0.3 is 9.47 Å². The predicted molar refractivity (Wildman–Crippen MR) is 83.9 cm³/mol. The molecule has 2 atom stereocenters. The van der Waals surface area contributed by atoms with Gasteiger partial charge in [-0.2, -0.15) is 0 Å². The van der Waals surface area contributed by atoms with Crippen LogP contribution in [0.25, 0.3) is 0 Å². The van der Waals surface area contributed by atoms with Crippen LogP contribution in [-0.2, 0) is 9.47 Å². The molecule has 0 aliphatic rings. The zero-order valence-corrected chi connectivity index (χ0v) is 14.3. The van der Waals surface area contributed by atoms with Gasteiger partial charge >= 0.3 is 0 Å².